The molecule has 0 fully saturated rings. The first-order chi connectivity index (χ1) is 10.0. The third-order valence-corrected chi connectivity index (χ3v) is 3.64. The lowest BCUT2D eigenvalue weighted by Crippen LogP contribution is -2.44. The summed E-state index contributed by atoms with van der Waals surface area (Å²) in [6, 6.07) is 0. The maximum absolute atomic E-state index is 13.1. The van der Waals surface area contributed by atoms with E-state index in [2.05, 4.69) is 10.4 Å². The highest BCUT2D eigenvalue weighted by atomic mass is 19.3. The number of aromatic nitrogens is 2. The summed E-state index contributed by atoms with van der Waals surface area (Å²) in [5.74, 6) is -0.553. The lowest BCUT2D eigenvalue weighted by Gasteiger charge is -2.27. The van der Waals surface area contributed by atoms with E-state index in [-0.39, 0.29) is 29.6 Å². The molecule has 0 aliphatic carbocycles. The number of alkyl halides is 2. The van der Waals surface area contributed by atoms with E-state index < -0.39 is 17.9 Å². The normalized spacial score (nSPS) is 14.7. The van der Waals surface area contributed by atoms with Crippen LogP contribution >= 0.6 is 0 Å². The van der Waals surface area contributed by atoms with Crippen LogP contribution in [-0.4, -0.2) is 32.9 Å². The molecule has 0 radical (unpaired) electrons. The molecular weight excluding hydrogens is 292 g/mol. The van der Waals surface area contributed by atoms with E-state index in [1.165, 1.54) is 10.9 Å². The first-order valence-electron chi connectivity index (χ1n) is 7.40. The van der Waals surface area contributed by atoms with Crippen LogP contribution in [0.15, 0.2) is 6.20 Å². The number of hydrogen-bond donors (Lipinski definition) is 2. The van der Waals surface area contributed by atoms with Gasteiger partial charge < -0.3 is 10.4 Å². The second kappa shape index (κ2) is 7.17. The number of carbonyl (C=O) groups excluding carboxylic acids is 1. The Balaban J connectivity index is 2.90. The molecule has 1 aromatic rings. The summed E-state index contributed by atoms with van der Waals surface area (Å²) in [6.45, 7) is 9.51. The van der Waals surface area contributed by atoms with Gasteiger partial charge in [-0.25, -0.2) is 8.78 Å². The van der Waals surface area contributed by atoms with Crippen LogP contribution in [0.1, 0.15) is 57.1 Å². The fraction of sp³-hybridized carbons (Fsp3) is 0.733. The second-order valence-electron chi connectivity index (χ2n) is 6.54. The van der Waals surface area contributed by atoms with Gasteiger partial charge in [-0.1, -0.05) is 27.7 Å². The zero-order valence-corrected chi connectivity index (χ0v) is 13.7. The van der Waals surface area contributed by atoms with Gasteiger partial charge in [0.2, 0.25) is 0 Å². The Labute approximate surface area is 129 Å². The summed E-state index contributed by atoms with van der Waals surface area (Å²) in [7, 11) is 0. The molecule has 0 bridgehead atoms. The number of nitrogens with one attached hydrogen (secondary N) is 1. The largest absolute Gasteiger partial charge is 0.388 e. The molecule has 126 valence electrons. The van der Waals surface area contributed by atoms with E-state index in [0.717, 1.165) is 0 Å². The summed E-state index contributed by atoms with van der Waals surface area (Å²) < 4.78 is 27.5. The van der Waals surface area contributed by atoms with Crippen molar-refractivity contribution in [2.75, 3.05) is 6.54 Å². The molecule has 0 saturated carbocycles. The van der Waals surface area contributed by atoms with Gasteiger partial charge in [0, 0.05) is 19.3 Å². The van der Waals surface area contributed by atoms with E-state index >= 15 is 0 Å². The van der Waals surface area contributed by atoms with E-state index in [0.29, 0.717) is 6.54 Å². The van der Waals surface area contributed by atoms with Crippen LogP contribution in [0.5, 0.6) is 0 Å². The third-order valence-electron chi connectivity index (χ3n) is 3.64. The number of halogens is 2. The number of nitrogens with zero attached hydrogens (tertiary/aromatic N) is 2. The van der Waals surface area contributed by atoms with Gasteiger partial charge in [0.05, 0.1) is 11.2 Å². The highest BCUT2D eigenvalue weighted by Crippen LogP contribution is 2.23. The van der Waals surface area contributed by atoms with Gasteiger partial charge in [0.1, 0.15) is 0 Å². The zero-order chi connectivity index (χ0) is 17.1. The van der Waals surface area contributed by atoms with Gasteiger partial charge in [0.15, 0.2) is 5.69 Å². The maximum Gasteiger partial charge on any atom is 0.272 e. The van der Waals surface area contributed by atoms with Crippen LogP contribution < -0.4 is 5.32 Å². The highest BCUT2D eigenvalue weighted by Gasteiger charge is 2.28. The lowest BCUT2D eigenvalue weighted by atomic mass is 9.92. The lowest BCUT2D eigenvalue weighted by molar-refractivity contribution is 0.0141. The average Bonchev–Trinajstić information content (AvgIpc) is 2.79. The van der Waals surface area contributed by atoms with Crippen molar-refractivity contribution in [1.29, 1.82) is 0 Å². The fourth-order valence-corrected chi connectivity index (χ4v) is 1.79. The molecule has 0 saturated heterocycles. The van der Waals surface area contributed by atoms with Gasteiger partial charge in [-0.2, -0.15) is 5.10 Å². The van der Waals surface area contributed by atoms with Crippen molar-refractivity contribution < 1.29 is 18.7 Å². The van der Waals surface area contributed by atoms with Gasteiger partial charge in [-0.15, -0.1) is 0 Å². The van der Waals surface area contributed by atoms with Crippen molar-refractivity contribution >= 4 is 5.91 Å². The van der Waals surface area contributed by atoms with Crippen molar-refractivity contribution in [3.05, 3.63) is 17.5 Å². The Bertz CT molecular complexity index is 511. The molecule has 0 aromatic carbocycles. The van der Waals surface area contributed by atoms with E-state index in [1.807, 2.05) is 27.7 Å². The Morgan fingerprint density at radius 1 is 1.41 bits per heavy atom. The van der Waals surface area contributed by atoms with Crippen LogP contribution in [0.3, 0.4) is 0 Å². The standard InChI is InChI=1S/C15H25F2N3O2/c1-9(2)6-20-7-11(13(16)17)12(19-20)14(21)18-8-15(5,22)10(3)4/h7,9-10,13,22H,6,8H2,1-5H3,(H,18,21). The molecule has 5 nitrogen and oxygen atoms in total. The molecule has 2 N–H and O–H groups in total. The SMILES string of the molecule is CC(C)Cn1cc(C(F)F)c(C(=O)NCC(C)(O)C(C)C)n1. The van der Waals surface area contributed by atoms with Crippen molar-refractivity contribution in [2.45, 2.75) is 53.2 Å². The molecule has 0 aliphatic rings. The quantitative estimate of drug-likeness (QED) is 0.812. The van der Waals surface area contributed by atoms with E-state index in [4.69, 9.17) is 0 Å². The zero-order valence-electron chi connectivity index (χ0n) is 13.7. The molecule has 0 aliphatic heterocycles. The molecule has 1 unspecified atom stereocenters. The average molecular weight is 317 g/mol. The summed E-state index contributed by atoms with van der Waals surface area (Å²) in [5.41, 5.74) is -1.78. The van der Waals surface area contributed by atoms with Crippen LogP contribution in [0.4, 0.5) is 8.78 Å². The Morgan fingerprint density at radius 3 is 2.45 bits per heavy atom. The van der Waals surface area contributed by atoms with Crippen LogP contribution in [0, 0.1) is 11.8 Å². The topological polar surface area (TPSA) is 67.2 Å². The summed E-state index contributed by atoms with van der Waals surface area (Å²) in [5, 5.41) is 16.5. The highest BCUT2D eigenvalue weighted by molar-refractivity contribution is 5.93. The summed E-state index contributed by atoms with van der Waals surface area (Å²) >= 11 is 0. The molecule has 1 amide bonds. The number of carbonyl (C=O) groups is 1. The molecule has 0 spiro atoms. The van der Waals surface area contributed by atoms with Gasteiger partial charge in [0.25, 0.3) is 12.3 Å². The van der Waals surface area contributed by atoms with Gasteiger partial charge in [-0.3, -0.25) is 9.48 Å². The first-order valence-corrected chi connectivity index (χ1v) is 7.40. The Kier molecular flexibility index (Phi) is 6.05. The molecular formula is C15H25F2N3O2. The molecule has 1 atom stereocenters. The minimum absolute atomic E-state index is 0.0246. The van der Waals surface area contributed by atoms with Crippen molar-refractivity contribution in [1.82, 2.24) is 15.1 Å². The number of hydrogen-bond acceptors (Lipinski definition) is 3. The predicted molar refractivity (Wildman–Crippen MR) is 79.8 cm³/mol. The smallest absolute Gasteiger partial charge is 0.272 e. The fourth-order valence-electron chi connectivity index (χ4n) is 1.79. The Morgan fingerprint density at radius 2 is 2.00 bits per heavy atom. The molecule has 22 heavy (non-hydrogen) atoms. The monoisotopic (exact) mass is 317 g/mol. The minimum atomic E-state index is -2.77. The van der Waals surface area contributed by atoms with Gasteiger partial charge >= 0.3 is 0 Å². The van der Waals surface area contributed by atoms with Crippen molar-refractivity contribution in [3.63, 3.8) is 0 Å². The van der Waals surface area contributed by atoms with E-state index in [9.17, 15) is 18.7 Å². The van der Waals surface area contributed by atoms with E-state index in [1.54, 1.807) is 6.92 Å². The van der Waals surface area contributed by atoms with Crippen LogP contribution in [-0.2, 0) is 6.54 Å². The minimum Gasteiger partial charge on any atom is -0.388 e. The van der Waals surface area contributed by atoms with Crippen molar-refractivity contribution in [3.8, 4) is 0 Å². The van der Waals surface area contributed by atoms with Crippen LogP contribution in [0.25, 0.3) is 0 Å². The number of rotatable bonds is 7. The molecule has 1 heterocycles. The maximum atomic E-state index is 13.1. The number of amides is 1. The number of aliphatic hydroxyl groups is 1. The summed E-state index contributed by atoms with van der Waals surface area (Å²) in [4.78, 5) is 12.1. The second-order valence-corrected chi connectivity index (χ2v) is 6.54. The summed E-state index contributed by atoms with van der Waals surface area (Å²) in [6.07, 6.45) is -1.56. The van der Waals surface area contributed by atoms with Gasteiger partial charge in [-0.05, 0) is 18.8 Å². The molecule has 1 aromatic heterocycles. The Hall–Kier alpha value is -1.50. The van der Waals surface area contributed by atoms with Crippen LogP contribution in [0.2, 0.25) is 0 Å². The van der Waals surface area contributed by atoms with Crippen molar-refractivity contribution in [2.24, 2.45) is 11.8 Å². The predicted octanol–water partition coefficient (Wildman–Crippen LogP) is 2.61. The third kappa shape index (κ3) is 4.76. The molecule has 7 heteroatoms. The molecule has 1 rings (SSSR count). The first kappa shape index (κ1) is 18.5.